The van der Waals surface area contributed by atoms with Gasteiger partial charge in [0, 0.05) is 7.11 Å². The zero-order chi connectivity index (χ0) is 15.2. The molecule has 0 aromatic rings. The Morgan fingerprint density at radius 3 is 1.65 bits per heavy atom. The first-order valence-electron chi connectivity index (χ1n) is 8.84. The van der Waals surface area contributed by atoms with Crippen LogP contribution < -0.4 is 0 Å². The molecule has 0 aliphatic carbocycles. The Labute approximate surface area is 127 Å². The lowest BCUT2D eigenvalue weighted by Gasteiger charge is -2.24. The summed E-state index contributed by atoms with van der Waals surface area (Å²) in [6, 6.07) is 0. The van der Waals surface area contributed by atoms with Gasteiger partial charge >= 0.3 is 0 Å². The van der Waals surface area contributed by atoms with Crippen LogP contribution in [0.3, 0.4) is 0 Å². The molecule has 0 aromatic heterocycles. The third-order valence-corrected chi connectivity index (χ3v) is 4.16. The molecular weight excluding hydrogens is 248 g/mol. The Kier molecular flexibility index (Phi) is 13.8. The van der Waals surface area contributed by atoms with E-state index in [9.17, 15) is 5.11 Å². The zero-order valence-corrected chi connectivity index (χ0v) is 14.4. The molecule has 0 rings (SSSR count). The van der Waals surface area contributed by atoms with Crippen LogP contribution in [0.15, 0.2) is 0 Å². The van der Waals surface area contributed by atoms with Gasteiger partial charge in [0.2, 0.25) is 0 Å². The molecule has 0 heterocycles. The maximum atomic E-state index is 10.1. The first kappa shape index (κ1) is 19.9. The van der Waals surface area contributed by atoms with Gasteiger partial charge in [-0.25, -0.2) is 0 Å². The van der Waals surface area contributed by atoms with Crippen LogP contribution in [-0.4, -0.2) is 24.4 Å². The van der Waals surface area contributed by atoms with Crippen LogP contribution in [0.4, 0.5) is 0 Å². The van der Waals surface area contributed by atoms with Crippen LogP contribution in [0.5, 0.6) is 0 Å². The molecule has 0 amide bonds. The number of hydrogen-bond acceptors (Lipinski definition) is 2. The molecule has 1 N–H and O–H groups in total. The first-order chi connectivity index (χ1) is 9.63. The standard InChI is InChI=1S/C18H38O2/c1-5-6-7-8-9-10-11-12-13-14-15-17(19)18(20-4)16(2)3/h16-19H,5-15H2,1-4H3. The fourth-order valence-corrected chi connectivity index (χ4v) is 2.88. The van der Waals surface area contributed by atoms with Crippen LogP contribution in [0, 0.1) is 5.92 Å². The number of aliphatic hydroxyl groups is 1. The van der Waals surface area contributed by atoms with Gasteiger partial charge in [-0.3, -0.25) is 0 Å². The molecule has 0 spiro atoms. The topological polar surface area (TPSA) is 29.5 Å². The summed E-state index contributed by atoms with van der Waals surface area (Å²) >= 11 is 0. The average molecular weight is 286 g/mol. The summed E-state index contributed by atoms with van der Waals surface area (Å²) in [6.07, 6.45) is 14.0. The molecule has 0 saturated heterocycles. The fourth-order valence-electron chi connectivity index (χ4n) is 2.88. The molecule has 2 atom stereocenters. The van der Waals surface area contributed by atoms with Crippen molar-refractivity contribution in [1.29, 1.82) is 0 Å². The quantitative estimate of drug-likeness (QED) is 0.437. The summed E-state index contributed by atoms with van der Waals surface area (Å²) in [5.74, 6) is 0.387. The zero-order valence-electron chi connectivity index (χ0n) is 14.4. The number of ether oxygens (including phenoxy) is 1. The smallest absolute Gasteiger partial charge is 0.0852 e. The molecule has 0 aliphatic rings. The van der Waals surface area contributed by atoms with Gasteiger partial charge in [-0.15, -0.1) is 0 Å². The summed E-state index contributed by atoms with van der Waals surface area (Å²) in [5, 5.41) is 10.1. The van der Waals surface area contributed by atoms with Gasteiger partial charge in [0.1, 0.15) is 0 Å². The van der Waals surface area contributed by atoms with Gasteiger partial charge in [0.15, 0.2) is 0 Å². The van der Waals surface area contributed by atoms with Crippen LogP contribution in [0.2, 0.25) is 0 Å². The Balaban J connectivity index is 3.35. The molecule has 0 saturated carbocycles. The number of rotatable bonds is 14. The summed E-state index contributed by atoms with van der Waals surface area (Å²) in [5.41, 5.74) is 0. The van der Waals surface area contributed by atoms with Gasteiger partial charge in [-0.05, 0) is 12.3 Å². The van der Waals surface area contributed by atoms with Crippen molar-refractivity contribution >= 4 is 0 Å². The van der Waals surface area contributed by atoms with E-state index >= 15 is 0 Å². The number of methoxy groups -OCH3 is 1. The van der Waals surface area contributed by atoms with Crippen LogP contribution in [-0.2, 0) is 4.74 Å². The van der Waals surface area contributed by atoms with Gasteiger partial charge < -0.3 is 9.84 Å². The minimum absolute atomic E-state index is 0.00596. The highest BCUT2D eigenvalue weighted by Gasteiger charge is 2.21. The molecule has 2 nitrogen and oxygen atoms in total. The highest BCUT2D eigenvalue weighted by Crippen LogP contribution is 2.17. The van der Waals surface area contributed by atoms with Gasteiger partial charge in [0.25, 0.3) is 0 Å². The molecule has 20 heavy (non-hydrogen) atoms. The van der Waals surface area contributed by atoms with Crippen LogP contribution >= 0.6 is 0 Å². The second-order valence-electron chi connectivity index (χ2n) is 6.48. The predicted molar refractivity (Wildman–Crippen MR) is 88.1 cm³/mol. The molecule has 2 heteroatoms. The summed E-state index contributed by atoms with van der Waals surface area (Å²) in [7, 11) is 1.70. The molecule has 0 radical (unpaired) electrons. The fraction of sp³-hybridized carbons (Fsp3) is 1.00. The minimum Gasteiger partial charge on any atom is -0.390 e. The molecule has 0 aromatic carbocycles. The predicted octanol–water partition coefficient (Wildman–Crippen LogP) is 5.33. The first-order valence-corrected chi connectivity index (χ1v) is 8.84. The number of unbranched alkanes of at least 4 members (excludes halogenated alkanes) is 9. The van der Waals surface area contributed by atoms with Crippen molar-refractivity contribution in [3.05, 3.63) is 0 Å². The van der Waals surface area contributed by atoms with E-state index < -0.39 is 0 Å². The third-order valence-electron chi connectivity index (χ3n) is 4.16. The molecule has 122 valence electrons. The Morgan fingerprint density at radius 2 is 1.25 bits per heavy atom. The van der Waals surface area contributed by atoms with E-state index in [0.29, 0.717) is 5.92 Å². The van der Waals surface area contributed by atoms with E-state index in [1.165, 1.54) is 57.8 Å². The van der Waals surface area contributed by atoms with E-state index in [4.69, 9.17) is 4.74 Å². The van der Waals surface area contributed by atoms with E-state index in [0.717, 1.165) is 12.8 Å². The van der Waals surface area contributed by atoms with Crippen molar-refractivity contribution in [1.82, 2.24) is 0 Å². The van der Waals surface area contributed by atoms with E-state index in [1.807, 2.05) is 0 Å². The molecule has 0 aliphatic heterocycles. The Morgan fingerprint density at radius 1 is 0.800 bits per heavy atom. The van der Waals surface area contributed by atoms with Gasteiger partial charge in [-0.2, -0.15) is 0 Å². The molecule has 0 fully saturated rings. The highest BCUT2D eigenvalue weighted by molar-refractivity contribution is 4.71. The summed E-state index contributed by atoms with van der Waals surface area (Å²) in [4.78, 5) is 0. The molecule has 2 unspecified atom stereocenters. The Bertz CT molecular complexity index is 192. The number of hydrogen-bond donors (Lipinski definition) is 1. The molecule has 0 bridgehead atoms. The maximum Gasteiger partial charge on any atom is 0.0852 e. The lowest BCUT2D eigenvalue weighted by Crippen LogP contribution is -2.32. The van der Waals surface area contributed by atoms with Crippen molar-refractivity contribution in [3.8, 4) is 0 Å². The minimum atomic E-state index is -0.297. The lowest BCUT2D eigenvalue weighted by atomic mass is 9.97. The second-order valence-corrected chi connectivity index (χ2v) is 6.48. The van der Waals surface area contributed by atoms with E-state index in [2.05, 4.69) is 20.8 Å². The summed E-state index contributed by atoms with van der Waals surface area (Å²) in [6.45, 7) is 6.48. The van der Waals surface area contributed by atoms with Crippen molar-refractivity contribution in [2.24, 2.45) is 5.92 Å². The maximum absolute atomic E-state index is 10.1. The second kappa shape index (κ2) is 13.9. The van der Waals surface area contributed by atoms with Gasteiger partial charge in [-0.1, -0.05) is 85.0 Å². The SMILES string of the molecule is CCCCCCCCCCCCC(O)C(OC)C(C)C. The number of aliphatic hydroxyl groups excluding tert-OH is 1. The van der Waals surface area contributed by atoms with Crippen LogP contribution in [0.1, 0.15) is 91.4 Å². The highest BCUT2D eigenvalue weighted by atomic mass is 16.5. The normalized spacial score (nSPS) is 14.7. The average Bonchev–Trinajstić information content (AvgIpc) is 2.41. The molecular formula is C18H38O2. The third kappa shape index (κ3) is 10.7. The van der Waals surface area contributed by atoms with Gasteiger partial charge in [0.05, 0.1) is 12.2 Å². The summed E-state index contributed by atoms with van der Waals surface area (Å²) < 4.78 is 5.37. The monoisotopic (exact) mass is 286 g/mol. The van der Waals surface area contributed by atoms with Crippen LogP contribution in [0.25, 0.3) is 0 Å². The van der Waals surface area contributed by atoms with Crippen molar-refractivity contribution < 1.29 is 9.84 Å². The van der Waals surface area contributed by atoms with E-state index in [-0.39, 0.29) is 12.2 Å². The van der Waals surface area contributed by atoms with E-state index in [1.54, 1.807) is 7.11 Å². The van der Waals surface area contributed by atoms with Crippen molar-refractivity contribution in [2.75, 3.05) is 7.11 Å². The lowest BCUT2D eigenvalue weighted by molar-refractivity contribution is -0.0415. The Hall–Kier alpha value is -0.0800. The largest absolute Gasteiger partial charge is 0.390 e. The van der Waals surface area contributed by atoms with Crippen molar-refractivity contribution in [3.63, 3.8) is 0 Å². The van der Waals surface area contributed by atoms with Crippen molar-refractivity contribution in [2.45, 2.75) is 104 Å².